The summed E-state index contributed by atoms with van der Waals surface area (Å²) in [5, 5.41) is 3.35. The zero-order valence-corrected chi connectivity index (χ0v) is 14.8. The SMILES string of the molecule is COCC1COc2nc(COC(C)=O)c(Cc3ccc(F)cc3)cc2N1. The molecule has 3 rings (SSSR count). The van der Waals surface area contributed by atoms with E-state index < -0.39 is 0 Å². The number of pyridine rings is 1. The number of methoxy groups -OCH3 is 1. The van der Waals surface area contributed by atoms with E-state index in [4.69, 9.17) is 14.2 Å². The molecule has 0 spiro atoms. The van der Waals surface area contributed by atoms with Crippen LogP contribution >= 0.6 is 0 Å². The van der Waals surface area contributed by atoms with Crippen molar-refractivity contribution in [2.24, 2.45) is 0 Å². The number of carbonyl (C=O) groups is 1. The number of hydrogen-bond acceptors (Lipinski definition) is 6. The maximum atomic E-state index is 13.1. The van der Waals surface area contributed by atoms with Crippen LogP contribution < -0.4 is 10.1 Å². The van der Waals surface area contributed by atoms with E-state index in [2.05, 4.69) is 10.3 Å². The molecule has 0 amide bonds. The molecule has 0 radical (unpaired) electrons. The Labute approximate surface area is 151 Å². The largest absolute Gasteiger partial charge is 0.474 e. The van der Waals surface area contributed by atoms with Crippen LogP contribution in [0.15, 0.2) is 30.3 Å². The van der Waals surface area contributed by atoms with E-state index in [-0.39, 0.29) is 24.4 Å². The number of fused-ring (bicyclic) bond motifs is 1. The van der Waals surface area contributed by atoms with Gasteiger partial charge in [0.2, 0.25) is 5.88 Å². The summed E-state index contributed by atoms with van der Waals surface area (Å²) >= 11 is 0. The topological polar surface area (TPSA) is 69.7 Å². The Morgan fingerprint density at radius 1 is 1.38 bits per heavy atom. The number of halogens is 1. The van der Waals surface area contributed by atoms with Gasteiger partial charge in [-0.25, -0.2) is 9.37 Å². The Hall–Kier alpha value is -2.67. The first-order valence-electron chi connectivity index (χ1n) is 8.34. The van der Waals surface area contributed by atoms with Crippen LogP contribution in [-0.4, -0.2) is 37.3 Å². The van der Waals surface area contributed by atoms with Crippen LogP contribution in [0.4, 0.5) is 10.1 Å². The lowest BCUT2D eigenvalue weighted by molar-refractivity contribution is -0.142. The highest BCUT2D eigenvalue weighted by Gasteiger charge is 2.22. The number of benzene rings is 1. The summed E-state index contributed by atoms with van der Waals surface area (Å²) in [6, 6.07) is 8.26. The summed E-state index contributed by atoms with van der Waals surface area (Å²) in [5.41, 5.74) is 3.20. The van der Waals surface area contributed by atoms with Gasteiger partial charge in [0.1, 0.15) is 19.0 Å². The lowest BCUT2D eigenvalue weighted by Crippen LogP contribution is -2.35. The van der Waals surface area contributed by atoms with Crippen LogP contribution in [0.25, 0.3) is 0 Å². The van der Waals surface area contributed by atoms with Crippen LogP contribution in [0, 0.1) is 5.82 Å². The molecule has 1 aromatic heterocycles. The van der Waals surface area contributed by atoms with Crippen LogP contribution in [0.5, 0.6) is 5.88 Å². The Bertz CT molecular complexity index is 780. The lowest BCUT2D eigenvalue weighted by Gasteiger charge is -2.27. The minimum absolute atomic E-state index is 0.0345. The average molecular weight is 360 g/mol. The second kappa shape index (κ2) is 8.14. The Balaban J connectivity index is 1.89. The standard InChI is InChI=1S/C19H21FN2O4/c1-12(23)25-11-18-14(7-13-3-5-15(20)6-4-13)8-17-19(22-18)26-10-16(21-17)9-24-2/h3-6,8,16,21H,7,9-11H2,1-2H3. The predicted octanol–water partition coefficient (Wildman–Crippen LogP) is 2.69. The highest BCUT2D eigenvalue weighted by molar-refractivity contribution is 5.66. The normalized spacial score (nSPS) is 15.6. The molecule has 1 aliphatic heterocycles. The van der Waals surface area contributed by atoms with Crippen LogP contribution in [-0.2, 0) is 27.3 Å². The Kier molecular flexibility index (Phi) is 5.68. The zero-order valence-electron chi connectivity index (χ0n) is 14.8. The minimum Gasteiger partial charge on any atom is -0.474 e. The number of esters is 1. The lowest BCUT2D eigenvalue weighted by atomic mass is 10.0. The second-order valence-corrected chi connectivity index (χ2v) is 6.14. The van der Waals surface area contributed by atoms with Crippen LogP contribution in [0.2, 0.25) is 0 Å². The molecule has 0 aliphatic carbocycles. The molecule has 0 fully saturated rings. The van der Waals surface area contributed by atoms with Gasteiger partial charge in [0.05, 0.1) is 24.0 Å². The Morgan fingerprint density at radius 3 is 2.85 bits per heavy atom. The predicted molar refractivity (Wildman–Crippen MR) is 93.7 cm³/mol. The Morgan fingerprint density at radius 2 is 2.15 bits per heavy atom. The maximum absolute atomic E-state index is 13.1. The third-order valence-electron chi connectivity index (χ3n) is 4.02. The van der Waals surface area contributed by atoms with Crippen molar-refractivity contribution in [3.05, 3.63) is 53.0 Å². The number of nitrogens with one attached hydrogen (secondary N) is 1. The van der Waals surface area contributed by atoms with Gasteiger partial charge < -0.3 is 19.5 Å². The fraction of sp³-hybridized carbons (Fsp3) is 0.368. The van der Waals surface area contributed by atoms with Crippen molar-refractivity contribution in [1.82, 2.24) is 4.98 Å². The molecule has 1 atom stereocenters. The third kappa shape index (κ3) is 4.49. The quantitative estimate of drug-likeness (QED) is 0.799. The van der Waals surface area contributed by atoms with Crippen molar-refractivity contribution in [2.75, 3.05) is 25.6 Å². The van der Waals surface area contributed by atoms with Gasteiger partial charge in [-0.1, -0.05) is 12.1 Å². The highest BCUT2D eigenvalue weighted by Crippen LogP contribution is 2.30. The number of anilines is 1. The summed E-state index contributed by atoms with van der Waals surface area (Å²) in [6.45, 7) is 2.37. The van der Waals surface area contributed by atoms with Crippen molar-refractivity contribution in [3.63, 3.8) is 0 Å². The summed E-state index contributed by atoms with van der Waals surface area (Å²) < 4.78 is 29.1. The zero-order chi connectivity index (χ0) is 18.5. The number of rotatable bonds is 6. The van der Waals surface area contributed by atoms with Gasteiger partial charge in [0, 0.05) is 14.0 Å². The first-order chi connectivity index (χ1) is 12.5. The van der Waals surface area contributed by atoms with Gasteiger partial charge in [-0.2, -0.15) is 0 Å². The average Bonchev–Trinajstić information content (AvgIpc) is 2.62. The first kappa shape index (κ1) is 18.1. The number of nitrogens with zero attached hydrogens (tertiary/aromatic N) is 1. The number of aromatic nitrogens is 1. The van der Waals surface area contributed by atoms with E-state index >= 15 is 0 Å². The molecule has 0 saturated carbocycles. The molecule has 138 valence electrons. The summed E-state index contributed by atoms with van der Waals surface area (Å²) in [5.74, 6) is -0.186. The molecule has 0 bridgehead atoms. The molecule has 26 heavy (non-hydrogen) atoms. The molecule has 0 saturated heterocycles. The van der Waals surface area contributed by atoms with Crippen molar-refractivity contribution in [3.8, 4) is 5.88 Å². The molecule has 6 nitrogen and oxygen atoms in total. The molecule has 2 aromatic rings. The van der Waals surface area contributed by atoms with E-state index in [0.29, 0.717) is 31.2 Å². The van der Waals surface area contributed by atoms with Gasteiger partial charge in [0.15, 0.2) is 0 Å². The molecular weight excluding hydrogens is 339 g/mol. The van der Waals surface area contributed by atoms with E-state index in [1.54, 1.807) is 19.2 Å². The summed E-state index contributed by atoms with van der Waals surface area (Å²) in [7, 11) is 1.64. The van der Waals surface area contributed by atoms with Crippen molar-refractivity contribution in [1.29, 1.82) is 0 Å². The van der Waals surface area contributed by atoms with E-state index in [0.717, 1.165) is 16.8 Å². The van der Waals surface area contributed by atoms with Crippen molar-refractivity contribution >= 4 is 11.7 Å². The van der Waals surface area contributed by atoms with Crippen LogP contribution in [0.3, 0.4) is 0 Å². The van der Waals surface area contributed by atoms with E-state index in [1.807, 2.05) is 6.07 Å². The fourth-order valence-electron chi connectivity index (χ4n) is 2.79. The summed E-state index contributed by atoms with van der Waals surface area (Å²) in [4.78, 5) is 15.7. The monoisotopic (exact) mass is 360 g/mol. The number of carbonyl (C=O) groups excluding carboxylic acids is 1. The van der Waals surface area contributed by atoms with Crippen molar-refractivity contribution < 1.29 is 23.4 Å². The molecular formula is C19H21FN2O4. The van der Waals surface area contributed by atoms with Crippen molar-refractivity contribution in [2.45, 2.75) is 26.0 Å². The van der Waals surface area contributed by atoms with E-state index in [9.17, 15) is 9.18 Å². The van der Waals surface area contributed by atoms with Gasteiger partial charge in [-0.05, 0) is 35.7 Å². The first-order valence-corrected chi connectivity index (χ1v) is 8.34. The highest BCUT2D eigenvalue weighted by atomic mass is 19.1. The third-order valence-corrected chi connectivity index (χ3v) is 4.02. The second-order valence-electron chi connectivity index (χ2n) is 6.14. The summed E-state index contributed by atoms with van der Waals surface area (Å²) in [6.07, 6.45) is 0.535. The van der Waals surface area contributed by atoms with Gasteiger partial charge >= 0.3 is 5.97 Å². The molecule has 2 heterocycles. The van der Waals surface area contributed by atoms with E-state index in [1.165, 1.54) is 19.1 Å². The molecule has 7 heteroatoms. The van der Waals surface area contributed by atoms with Gasteiger partial charge in [-0.15, -0.1) is 0 Å². The molecule has 1 N–H and O–H groups in total. The minimum atomic E-state index is -0.378. The maximum Gasteiger partial charge on any atom is 0.303 e. The smallest absolute Gasteiger partial charge is 0.303 e. The van der Waals surface area contributed by atoms with Crippen LogP contribution in [0.1, 0.15) is 23.7 Å². The molecule has 1 unspecified atom stereocenters. The molecule has 1 aromatic carbocycles. The van der Waals surface area contributed by atoms with Gasteiger partial charge in [-0.3, -0.25) is 4.79 Å². The number of ether oxygens (including phenoxy) is 3. The molecule has 1 aliphatic rings. The van der Waals surface area contributed by atoms with Gasteiger partial charge in [0.25, 0.3) is 0 Å². The fourth-order valence-corrected chi connectivity index (χ4v) is 2.79. The number of hydrogen-bond donors (Lipinski definition) is 1.